The van der Waals surface area contributed by atoms with Gasteiger partial charge in [-0.2, -0.15) is 0 Å². The molecule has 0 radical (unpaired) electrons. The number of benzene rings is 1. The normalized spacial score (nSPS) is 22.4. The Morgan fingerprint density at radius 1 is 1.32 bits per heavy atom. The molecule has 2 atom stereocenters. The van der Waals surface area contributed by atoms with Crippen LogP contribution < -0.4 is 0 Å². The number of hydrogen-bond acceptors (Lipinski definition) is 2. The van der Waals surface area contributed by atoms with E-state index < -0.39 is 0 Å². The van der Waals surface area contributed by atoms with E-state index in [1.165, 1.54) is 37.9 Å². The molecule has 1 fully saturated rings. The third-order valence-electron chi connectivity index (χ3n) is 4.36. The lowest BCUT2D eigenvalue weighted by Crippen LogP contribution is -2.36. The van der Waals surface area contributed by atoms with Gasteiger partial charge in [0.15, 0.2) is 0 Å². The monoisotopic (exact) mass is 261 g/mol. The Balaban J connectivity index is 1.79. The molecule has 1 aliphatic heterocycles. The maximum atomic E-state index is 10.2. The Hall–Kier alpha value is -0.860. The standard InChI is InChI=1S/C17H27NO/c1-3-15-5-4-11-18(13-15)12-10-17(19)16-8-6-14(2)7-9-16/h6-9,15,17,19H,3-5,10-13H2,1-2H3. The van der Waals surface area contributed by atoms with Crippen LogP contribution >= 0.6 is 0 Å². The van der Waals surface area contributed by atoms with E-state index in [0.717, 1.165) is 24.4 Å². The molecule has 0 saturated carbocycles. The van der Waals surface area contributed by atoms with Crippen molar-refractivity contribution in [3.8, 4) is 0 Å². The Bertz CT molecular complexity index is 373. The number of nitrogens with zero attached hydrogens (tertiary/aromatic N) is 1. The Labute approximate surface area is 117 Å². The Morgan fingerprint density at radius 2 is 2.05 bits per heavy atom. The zero-order valence-electron chi connectivity index (χ0n) is 12.3. The van der Waals surface area contributed by atoms with Gasteiger partial charge in [0.1, 0.15) is 0 Å². The SMILES string of the molecule is CCC1CCCN(CCC(O)c2ccc(C)cc2)C1. The third kappa shape index (κ3) is 4.32. The molecule has 0 aliphatic carbocycles. The lowest BCUT2D eigenvalue weighted by Gasteiger charge is -2.32. The number of aryl methyl sites for hydroxylation is 1. The molecule has 1 aromatic rings. The molecule has 2 heteroatoms. The lowest BCUT2D eigenvalue weighted by molar-refractivity contribution is 0.118. The Kier molecular flexibility index (Phi) is 5.41. The molecule has 1 saturated heterocycles. The molecular formula is C17H27NO. The minimum Gasteiger partial charge on any atom is -0.388 e. The fourth-order valence-electron chi connectivity index (χ4n) is 2.95. The second kappa shape index (κ2) is 7.06. The van der Waals surface area contributed by atoms with Crippen molar-refractivity contribution in [1.82, 2.24) is 4.90 Å². The van der Waals surface area contributed by atoms with Crippen molar-refractivity contribution in [2.45, 2.75) is 45.6 Å². The smallest absolute Gasteiger partial charge is 0.0802 e. The van der Waals surface area contributed by atoms with Crippen LogP contribution in [0.5, 0.6) is 0 Å². The van der Waals surface area contributed by atoms with Gasteiger partial charge in [0.25, 0.3) is 0 Å². The molecule has 1 aliphatic rings. The third-order valence-corrected chi connectivity index (χ3v) is 4.36. The van der Waals surface area contributed by atoms with Crippen LogP contribution in [0.1, 0.15) is 49.8 Å². The van der Waals surface area contributed by atoms with Crippen LogP contribution in [0.4, 0.5) is 0 Å². The van der Waals surface area contributed by atoms with Crippen molar-refractivity contribution >= 4 is 0 Å². The van der Waals surface area contributed by atoms with E-state index >= 15 is 0 Å². The van der Waals surface area contributed by atoms with Crippen molar-refractivity contribution < 1.29 is 5.11 Å². The summed E-state index contributed by atoms with van der Waals surface area (Å²) < 4.78 is 0. The number of aliphatic hydroxyl groups is 1. The van der Waals surface area contributed by atoms with E-state index in [-0.39, 0.29) is 6.10 Å². The van der Waals surface area contributed by atoms with Crippen molar-refractivity contribution in [2.24, 2.45) is 5.92 Å². The average Bonchev–Trinajstić information content (AvgIpc) is 2.46. The molecular weight excluding hydrogens is 234 g/mol. The summed E-state index contributed by atoms with van der Waals surface area (Å²) in [5, 5.41) is 10.2. The van der Waals surface area contributed by atoms with E-state index in [0.29, 0.717) is 0 Å². The lowest BCUT2D eigenvalue weighted by atomic mass is 9.95. The minimum atomic E-state index is -0.317. The minimum absolute atomic E-state index is 0.317. The quantitative estimate of drug-likeness (QED) is 0.876. The summed E-state index contributed by atoms with van der Waals surface area (Å²) >= 11 is 0. The molecule has 2 nitrogen and oxygen atoms in total. The van der Waals surface area contributed by atoms with Gasteiger partial charge in [-0.15, -0.1) is 0 Å². The summed E-state index contributed by atoms with van der Waals surface area (Å²) in [5.74, 6) is 0.866. The van der Waals surface area contributed by atoms with Crippen molar-refractivity contribution in [3.63, 3.8) is 0 Å². The summed E-state index contributed by atoms with van der Waals surface area (Å²) in [5.41, 5.74) is 2.30. The first kappa shape index (κ1) is 14.5. The number of hydrogen-bond donors (Lipinski definition) is 1. The molecule has 2 rings (SSSR count). The molecule has 2 unspecified atom stereocenters. The first-order chi connectivity index (χ1) is 9.19. The Morgan fingerprint density at radius 3 is 2.74 bits per heavy atom. The maximum absolute atomic E-state index is 10.2. The molecule has 0 aromatic heterocycles. The van der Waals surface area contributed by atoms with Crippen LogP contribution in [0.25, 0.3) is 0 Å². The van der Waals surface area contributed by atoms with Crippen LogP contribution in [-0.4, -0.2) is 29.6 Å². The van der Waals surface area contributed by atoms with Crippen molar-refractivity contribution in [1.29, 1.82) is 0 Å². The van der Waals surface area contributed by atoms with Crippen molar-refractivity contribution in [2.75, 3.05) is 19.6 Å². The van der Waals surface area contributed by atoms with Gasteiger partial charge in [-0.1, -0.05) is 43.2 Å². The van der Waals surface area contributed by atoms with Crippen molar-refractivity contribution in [3.05, 3.63) is 35.4 Å². The highest BCUT2D eigenvalue weighted by Gasteiger charge is 2.19. The predicted molar refractivity (Wildman–Crippen MR) is 80.2 cm³/mol. The van der Waals surface area contributed by atoms with E-state index in [4.69, 9.17) is 0 Å². The highest BCUT2D eigenvalue weighted by molar-refractivity contribution is 5.23. The molecule has 0 bridgehead atoms. The number of rotatable bonds is 5. The highest BCUT2D eigenvalue weighted by Crippen LogP contribution is 2.22. The molecule has 0 spiro atoms. The molecule has 106 valence electrons. The van der Waals surface area contributed by atoms with Gasteiger partial charge in [0.05, 0.1) is 6.10 Å². The van der Waals surface area contributed by atoms with E-state index in [9.17, 15) is 5.11 Å². The summed E-state index contributed by atoms with van der Waals surface area (Å²) in [7, 11) is 0. The summed E-state index contributed by atoms with van der Waals surface area (Å²) in [6.07, 6.45) is 4.52. The second-order valence-electron chi connectivity index (χ2n) is 5.93. The molecule has 19 heavy (non-hydrogen) atoms. The van der Waals surface area contributed by atoms with Gasteiger partial charge < -0.3 is 10.0 Å². The number of likely N-dealkylation sites (tertiary alicyclic amines) is 1. The topological polar surface area (TPSA) is 23.5 Å². The summed E-state index contributed by atoms with van der Waals surface area (Å²) in [4.78, 5) is 2.52. The van der Waals surface area contributed by atoms with Crippen LogP contribution in [0.15, 0.2) is 24.3 Å². The van der Waals surface area contributed by atoms with Gasteiger partial charge in [-0.3, -0.25) is 0 Å². The van der Waals surface area contributed by atoms with Gasteiger partial charge in [0.2, 0.25) is 0 Å². The first-order valence-electron chi connectivity index (χ1n) is 7.66. The van der Waals surface area contributed by atoms with Crippen LogP contribution in [0.2, 0.25) is 0 Å². The molecule has 1 N–H and O–H groups in total. The van der Waals surface area contributed by atoms with Crippen LogP contribution in [-0.2, 0) is 0 Å². The van der Waals surface area contributed by atoms with E-state index in [1.54, 1.807) is 0 Å². The van der Waals surface area contributed by atoms with Gasteiger partial charge >= 0.3 is 0 Å². The maximum Gasteiger partial charge on any atom is 0.0802 e. The number of aliphatic hydroxyl groups excluding tert-OH is 1. The molecule has 1 aromatic carbocycles. The zero-order chi connectivity index (χ0) is 13.7. The summed E-state index contributed by atoms with van der Waals surface area (Å²) in [6.45, 7) is 7.81. The zero-order valence-corrected chi connectivity index (χ0v) is 12.3. The predicted octanol–water partition coefficient (Wildman–Crippen LogP) is 3.54. The fourth-order valence-corrected chi connectivity index (χ4v) is 2.95. The van der Waals surface area contributed by atoms with Crippen LogP contribution in [0, 0.1) is 12.8 Å². The average molecular weight is 261 g/mol. The van der Waals surface area contributed by atoms with Gasteiger partial charge in [0, 0.05) is 13.1 Å². The second-order valence-corrected chi connectivity index (χ2v) is 5.93. The molecule has 1 heterocycles. The van der Waals surface area contributed by atoms with E-state index in [1.807, 2.05) is 12.1 Å². The summed E-state index contributed by atoms with van der Waals surface area (Å²) in [6, 6.07) is 8.25. The van der Waals surface area contributed by atoms with Gasteiger partial charge in [-0.25, -0.2) is 0 Å². The largest absolute Gasteiger partial charge is 0.388 e. The van der Waals surface area contributed by atoms with Gasteiger partial charge in [-0.05, 0) is 44.2 Å². The number of piperidine rings is 1. The van der Waals surface area contributed by atoms with Crippen LogP contribution in [0.3, 0.4) is 0 Å². The molecule has 0 amide bonds. The fraction of sp³-hybridized carbons (Fsp3) is 0.647. The highest BCUT2D eigenvalue weighted by atomic mass is 16.3. The first-order valence-corrected chi connectivity index (χ1v) is 7.66. The van der Waals surface area contributed by atoms with E-state index in [2.05, 4.69) is 30.9 Å².